The quantitative estimate of drug-likeness (QED) is 0.837. The van der Waals surface area contributed by atoms with E-state index in [1.165, 1.54) is 23.4 Å². The average molecular weight is 245 g/mol. The summed E-state index contributed by atoms with van der Waals surface area (Å²) in [5.74, 6) is -0.0923. The Hall–Kier alpha value is -2.30. The van der Waals surface area contributed by atoms with Gasteiger partial charge in [-0.2, -0.15) is 5.10 Å². The molecule has 18 heavy (non-hydrogen) atoms. The number of ether oxygens (including phenoxy) is 1. The second kappa shape index (κ2) is 4.91. The lowest BCUT2D eigenvalue weighted by molar-refractivity contribution is 0.0593. The van der Waals surface area contributed by atoms with Gasteiger partial charge in [-0.1, -0.05) is 19.1 Å². The largest absolute Gasteiger partial charge is 0.464 e. The zero-order valence-electron chi connectivity index (χ0n) is 10.4. The number of nitrogen functional groups attached to an aromatic ring is 1. The number of benzene rings is 1. The standard InChI is InChI=1S/C13H15N3O2/c1-3-9-4-6-10(7-5-9)16-12(14)8-11(15-16)13(17)18-2/h4-8H,3,14H2,1-2H3. The van der Waals surface area contributed by atoms with Crippen LogP contribution in [0.15, 0.2) is 30.3 Å². The van der Waals surface area contributed by atoms with Crippen molar-refractivity contribution >= 4 is 11.8 Å². The van der Waals surface area contributed by atoms with E-state index in [9.17, 15) is 4.79 Å². The number of esters is 1. The fourth-order valence-electron chi connectivity index (χ4n) is 1.68. The number of aryl methyl sites for hydroxylation is 1. The van der Waals surface area contributed by atoms with Crippen molar-refractivity contribution in [2.75, 3.05) is 12.8 Å². The summed E-state index contributed by atoms with van der Waals surface area (Å²) < 4.78 is 6.13. The first-order valence-electron chi connectivity index (χ1n) is 5.69. The van der Waals surface area contributed by atoms with Gasteiger partial charge in [-0.05, 0) is 24.1 Å². The number of anilines is 1. The molecule has 0 spiro atoms. The van der Waals surface area contributed by atoms with Crippen LogP contribution >= 0.6 is 0 Å². The molecule has 5 heteroatoms. The van der Waals surface area contributed by atoms with Crippen LogP contribution in [0, 0.1) is 0 Å². The maximum Gasteiger partial charge on any atom is 0.358 e. The van der Waals surface area contributed by atoms with Crippen molar-refractivity contribution in [3.05, 3.63) is 41.6 Å². The highest BCUT2D eigenvalue weighted by Crippen LogP contribution is 2.16. The van der Waals surface area contributed by atoms with E-state index in [4.69, 9.17) is 5.73 Å². The fourth-order valence-corrected chi connectivity index (χ4v) is 1.68. The summed E-state index contributed by atoms with van der Waals surface area (Å²) >= 11 is 0. The van der Waals surface area contributed by atoms with E-state index in [0.29, 0.717) is 5.82 Å². The minimum absolute atomic E-state index is 0.203. The SMILES string of the molecule is CCc1ccc(-n2nc(C(=O)OC)cc2N)cc1. The first-order valence-corrected chi connectivity index (χ1v) is 5.69. The van der Waals surface area contributed by atoms with Crippen molar-refractivity contribution < 1.29 is 9.53 Å². The van der Waals surface area contributed by atoms with Gasteiger partial charge < -0.3 is 10.5 Å². The van der Waals surface area contributed by atoms with Crippen LogP contribution in [-0.4, -0.2) is 22.9 Å². The maximum absolute atomic E-state index is 11.4. The number of methoxy groups -OCH3 is 1. The summed E-state index contributed by atoms with van der Waals surface area (Å²) in [7, 11) is 1.31. The predicted octanol–water partition coefficient (Wildman–Crippen LogP) is 1.80. The molecule has 0 unspecified atom stereocenters. The van der Waals surface area contributed by atoms with Gasteiger partial charge in [-0.25, -0.2) is 9.48 Å². The van der Waals surface area contributed by atoms with E-state index in [1.807, 2.05) is 24.3 Å². The van der Waals surface area contributed by atoms with Crippen LogP contribution in [0.25, 0.3) is 5.69 Å². The minimum atomic E-state index is -0.495. The van der Waals surface area contributed by atoms with E-state index >= 15 is 0 Å². The molecule has 0 atom stereocenters. The van der Waals surface area contributed by atoms with Gasteiger partial charge >= 0.3 is 5.97 Å². The van der Waals surface area contributed by atoms with Gasteiger partial charge in [0.15, 0.2) is 5.69 Å². The average Bonchev–Trinajstić information content (AvgIpc) is 2.80. The summed E-state index contributed by atoms with van der Waals surface area (Å²) in [6, 6.07) is 9.36. The number of rotatable bonds is 3. The smallest absolute Gasteiger partial charge is 0.358 e. The molecular weight excluding hydrogens is 230 g/mol. The molecule has 0 aliphatic heterocycles. The zero-order chi connectivity index (χ0) is 13.1. The van der Waals surface area contributed by atoms with Crippen molar-refractivity contribution in [2.45, 2.75) is 13.3 Å². The number of hydrogen-bond donors (Lipinski definition) is 1. The van der Waals surface area contributed by atoms with Crippen LogP contribution in [-0.2, 0) is 11.2 Å². The lowest BCUT2D eigenvalue weighted by Crippen LogP contribution is -2.05. The molecule has 0 aliphatic carbocycles. The van der Waals surface area contributed by atoms with Crippen molar-refractivity contribution in [2.24, 2.45) is 0 Å². The number of nitrogens with two attached hydrogens (primary N) is 1. The highest BCUT2D eigenvalue weighted by molar-refractivity contribution is 5.88. The van der Waals surface area contributed by atoms with E-state index < -0.39 is 5.97 Å². The summed E-state index contributed by atoms with van der Waals surface area (Å²) in [4.78, 5) is 11.4. The maximum atomic E-state index is 11.4. The minimum Gasteiger partial charge on any atom is -0.464 e. The number of aromatic nitrogens is 2. The molecule has 0 bridgehead atoms. The van der Waals surface area contributed by atoms with Crippen molar-refractivity contribution in [1.82, 2.24) is 9.78 Å². The summed E-state index contributed by atoms with van der Waals surface area (Å²) in [6.45, 7) is 2.09. The molecule has 94 valence electrons. The van der Waals surface area contributed by atoms with Gasteiger partial charge in [0.05, 0.1) is 12.8 Å². The predicted molar refractivity (Wildman–Crippen MR) is 68.7 cm³/mol. The Morgan fingerprint density at radius 1 is 1.39 bits per heavy atom. The third-order valence-corrected chi connectivity index (χ3v) is 2.72. The lowest BCUT2D eigenvalue weighted by atomic mass is 10.1. The summed E-state index contributed by atoms with van der Waals surface area (Å²) in [5.41, 5.74) is 8.09. The van der Waals surface area contributed by atoms with Gasteiger partial charge in [0.2, 0.25) is 0 Å². The first kappa shape index (κ1) is 12.2. The molecule has 5 nitrogen and oxygen atoms in total. The van der Waals surface area contributed by atoms with E-state index in [1.54, 1.807) is 0 Å². The van der Waals surface area contributed by atoms with Gasteiger partial charge in [0.25, 0.3) is 0 Å². The Morgan fingerprint density at radius 3 is 2.61 bits per heavy atom. The Labute approximate surface area is 105 Å². The molecule has 0 amide bonds. The van der Waals surface area contributed by atoms with Gasteiger partial charge in [-0.3, -0.25) is 0 Å². The molecule has 0 radical (unpaired) electrons. The number of nitrogens with zero attached hydrogens (tertiary/aromatic N) is 2. The van der Waals surface area contributed by atoms with Crippen LogP contribution in [0.1, 0.15) is 23.0 Å². The molecule has 0 fully saturated rings. The monoisotopic (exact) mass is 245 g/mol. The Balaban J connectivity index is 2.37. The first-order chi connectivity index (χ1) is 8.65. The van der Waals surface area contributed by atoms with Gasteiger partial charge in [0.1, 0.15) is 5.82 Å². The van der Waals surface area contributed by atoms with Crippen molar-refractivity contribution in [3.8, 4) is 5.69 Å². The third-order valence-electron chi connectivity index (χ3n) is 2.72. The van der Waals surface area contributed by atoms with Crippen LogP contribution in [0.3, 0.4) is 0 Å². The fraction of sp³-hybridized carbons (Fsp3) is 0.231. The molecule has 2 rings (SSSR count). The van der Waals surface area contributed by atoms with E-state index in [0.717, 1.165) is 12.1 Å². The molecule has 2 N–H and O–H groups in total. The molecule has 0 saturated heterocycles. The number of hydrogen-bond acceptors (Lipinski definition) is 4. The highest BCUT2D eigenvalue weighted by atomic mass is 16.5. The molecule has 2 aromatic rings. The van der Waals surface area contributed by atoms with Crippen molar-refractivity contribution in [1.29, 1.82) is 0 Å². The lowest BCUT2D eigenvalue weighted by Gasteiger charge is -2.04. The number of carbonyl (C=O) groups is 1. The van der Waals surface area contributed by atoms with Gasteiger partial charge in [-0.15, -0.1) is 0 Å². The van der Waals surface area contributed by atoms with E-state index in [2.05, 4.69) is 16.8 Å². The zero-order valence-corrected chi connectivity index (χ0v) is 10.4. The highest BCUT2D eigenvalue weighted by Gasteiger charge is 2.13. The van der Waals surface area contributed by atoms with Crippen LogP contribution < -0.4 is 5.73 Å². The van der Waals surface area contributed by atoms with E-state index in [-0.39, 0.29) is 5.69 Å². The molecule has 1 aromatic carbocycles. The second-order valence-corrected chi connectivity index (χ2v) is 3.88. The van der Waals surface area contributed by atoms with Crippen LogP contribution in [0.2, 0.25) is 0 Å². The van der Waals surface area contributed by atoms with Crippen LogP contribution in [0.5, 0.6) is 0 Å². The van der Waals surface area contributed by atoms with Crippen molar-refractivity contribution in [3.63, 3.8) is 0 Å². The molecule has 1 heterocycles. The molecule has 1 aromatic heterocycles. The molecule has 0 aliphatic rings. The Kier molecular flexibility index (Phi) is 3.32. The summed E-state index contributed by atoms with van der Waals surface area (Å²) in [6.07, 6.45) is 0.974. The number of carbonyl (C=O) groups excluding carboxylic acids is 1. The summed E-state index contributed by atoms with van der Waals surface area (Å²) in [5, 5.41) is 4.12. The van der Waals surface area contributed by atoms with Gasteiger partial charge in [0, 0.05) is 6.07 Å². The van der Waals surface area contributed by atoms with Crippen LogP contribution in [0.4, 0.5) is 5.82 Å². The topological polar surface area (TPSA) is 70.1 Å². The third kappa shape index (κ3) is 2.20. The second-order valence-electron chi connectivity index (χ2n) is 3.88. The Morgan fingerprint density at radius 2 is 2.06 bits per heavy atom. The normalized spacial score (nSPS) is 10.3. The Bertz CT molecular complexity index is 558. The molecular formula is C13H15N3O2. The molecule has 0 saturated carbocycles.